The number of phenols is 1. The normalized spacial score (nSPS) is 10.1. The lowest BCUT2D eigenvalue weighted by Gasteiger charge is -2.08. The summed E-state index contributed by atoms with van der Waals surface area (Å²) in [4.78, 5) is 8.22. The summed E-state index contributed by atoms with van der Waals surface area (Å²) < 4.78 is 5.11. The van der Waals surface area contributed by atoms with E-state index >= 15 is 0 Å². The van der Waals surface area contributed by atoms with Crippen LogP contribution in [0.3, 0.4) is 0 Å². The molecular weight excluding hydrogens is 204 g/mol. The standard InChI is InChI=1S/C12H12N2O2/c1-8-3-4-10(15)9(7-8)11-12(16-2)14-6-5-13-11/h3-7,15H,1-2H3. The molecule has 1 heterocycles. The fraction of sp³-hybridized carbons (Fsp3) is 0.167. The van der Waals surface area contributed by atoms with Crippen LogP contribution in [0.25, 0.3) is 11.3 Å². The van der Waals surface area contributed by atoms with Gasteiger partial charge in [-0.05, 0) is 19.1 Å². The zero-order valence-electron chi connectivity index (χ0n) is 9.14. The predicted molar refractivity (Wildman–Crippen MR) is 60.4 cm³/mol. The first kappa shape index (κ1) is 10.4. The summed E-state index contributed by atoms with van der Waals surface area (Å²) in [7, 11) is 1.53. The van der Waals surface area contributed by atoms with Crippen molar-refractivity contribution in [1.82, 2.24) is 9.97 Å². The molecule has 1 aromatic carbocycles. The number of nitrogens with zero attached hydrogens (tertiary/aromatic N) is 2. The van der Waals surface area contributed by atoms with E-state index in [-0.39, 0.29) is 5.75 Å². The summed E-state index contributed by atoms with van der Waals surface area (Å²) in [5.74, 6) is 0.577. The van der Waals surface area contributed by atoms with E-state index < -0.39 is 0 Å². The molecule has 0 aliphatic rings. The van der Waals surface area contributed by atoms with Gasteiger partial charge in [-0.15, -0.1) is 0 Å². The Morgan fingerprint density at radius 2 is 1.94 bits per heavy atom. The quantitative estimate of drug-likeness (QED) is 0.835. The molecule has 0 spiro atoms. The molecule has 0 amide bonds. The maximum atomic E-state index is 9.79. The summed E-state index contributed by atoms with van der Waals surface area (Å²) in [6.45, 7) is 1.95. The first-order chi connectivity index (χ1) is 7.72. The van der Waals surface area contributed by atoms with Gasteiger partial charge in [0.2, 0.25) is 5.88 Å². The van der Waals surface area contributed by atoms with Crippen molar-refractivity contribution in [2.75, 3.05) is 7.11 Å². The van der Waals surface area contributed by atoms with Crippen LogP contribution in [0.2, 0.25) is 0 Å². The van der Waals surface area contributed by atoms with E-state index in [0.29, 0.717) is 17.1 Å². The fourth-order valence-corrected chi connectivity index (χ4v) is 1.50. The number of ether oxygens (including phenoxy) is 1. The van der Waals surface area contributed by atoms with Gasteiger partial charge in [-0.1, -0.05) is 11.6 Å². The van der Waals surface area contributed by atoms with Crippen molar-refractivity contribution in [1.29, 1.82) is 0 Å². The highest BCUT2D eigenvalue weighted by molar-refractivity contribution is 5.71. The Morgan fingerprint density at radius 3 is 2.69 bits per heavy atom. The molecule has 2 aromatic rings. The van der Waals surface area contributed by atoms with E-state index in [1.165, 1.54) is 7.11 Å². The Kier molecular flexibility index (Phi) is 2.72. The second-order valence-electron chi connectivity index (χ2n) is 3.43. The first-order valence-electron chi connectivity index (χ1n) is 4.87. The number of hydrogen-bond acceptors (Lipinski definition) is 4. The molecule has 16 heavy (non-hydrogen) atoms. The lowest BCUT2D eigenvalue weighted by atomic mass is 10.1. The number of phenolic OH excluding ortho intramolecular Hbond substituents is 1. The van der Waals surface area contributed by atoms with Crippen molar-refractivity contribution < 1.29 is 9.84 Å². The van der Waals surface area contributed by atoms with E-state index in [1.54, 1.807) is 18.5 Å². The maximum absolute atomic E-state index is 9.79. The number of benzene rings is 1. The van der Waals surface area contributed by atoms with Gasteiger partial charge in [0.15, 0.2) is 0 Å². The second kappa shape index (κ2) is 4.18. The molecule has 4 nitrogen and oxygen atoms in total. The molecule has 0 fully saturated rings. The molecule has 2 rings (SSSR count). The van der Waals surface area contributed by atoms with Crippen LogP contribution in [0.5, 0.6) is 11.6 Å². The molecule has 0 saturated heterocycles. The molecule has 0 aliphatic carbocycles. The Balaban J connectivity index is 2.62. The van der Waals surface area contributed by atoms with Crippen LogP contribution in [-0.4, -0.2) is 22.2 Å². The van der Waals surface area contributed by atoms with Gasteiger partial charge in [-0.2, -0.15) is 0 Å². The lowest BCUT2D eigenvalue weighted by Crippen LogP contribution is -1.94. The van der Waals surface area contributed by atoms with Gasteiger partial charge >= 0.3 is 0 Å². The third-order valence-corrected chi connectivity index (χ3v) is 2.27. The predicted octanol–water partition coefficient (Wildman–Crippen LogP) is 2.17. The van der Waals surface area contributed by atoms with Gasteiger partial charge in [0.25, 0.3) is 0 Å². The number of hydrogen-bond donors (Lipinski definition) is 1. The van der Waals surface area contributed by atoms with Crippen molar-refractivity contribution in [3.8, 4) is 22.9 Å². The van der Waals surface area contributed by atoms with Crippen molar-refractivity contribution in [3.63, 3.8) is 0 Å². The summed E-state index contributed by atoms with van der Waals surface area (Å²) in [5.41, 5.74) is 2.22. The molecule has 0 saturated carbocycles. The van der Waals surface area contributed by atoms with Crippen LogP contribution < -0.4 is 4.74 Å². The largest absolute Gasteiger partial charge is 0.507 e. The summed E-state index contributed by atoms with van der Waals surface area (Å²) in [6, 6.07) is 5.32. The number of aryl methyl sites for hydroxylation is 1. The van der Waals surface area contributed by atoms with Crippen LogP contribution in [0.4, 0.5) is 0 Å². The van der Waals surface area contributed by atoms with Crippen LogP contribution in [0.15, 0.2) is 30.6 Å². The van der Waals surface area contributed by atoms with Crippen LogP contribution in [0, 0.1) is 6.92 Å². The van der Waals surface area contributed by atoms with E-state index in [2.05, 4.69) is 9.97 Å². The van der Waals surface area contributed by atoms with Crippen molar-refractivity contribution >= 4 is 0 Å². The van der Waals surface area contributed by atoms with E-state index in [4.69, 9.17) is 4.74 Å². The highest BCUT2D eigenvalue weighted by Gasteiger charge is 2.12. The van der Waals surface area contributed by atoms with Gasteiger partial charge in [-0.25, -0.2) is 9.97 Å². The van der Waals surface area contributed by atoms with Crippen LogP contribution >= 0.6 is 0 Å². The number of aromatic nitrogens is 2. The van der Waals surface area contributed by atoms with Gasteiger partial charge in [0.1, 0.15) is 11.4 Å². The van der Waals surface area contributed by atoms with Crippen molar-refractivity contribution in [2.45, 2.75) is 6.92 Å². The molecule has 0 aliphatic heterocycles. The molecular formula is C12H12N2O2. The summed E-state index contributed by atoms with van der Waals surface area (Å²) >= 11 is 0. The SMILES string of the molecule is COc1nccnc1-c1cc(C)ccc1O. The molecule has 1 N–H and O–H groups in total. The van der Waals surface area contributed by atoms with Crippen molar-refractivity contribution in [3.05, 3.63) is 36.2 Å². The lowest BCUT2D eigenvalue weighted by molar-refractivity contribution is 0.397. The Morgan fingerprint density at radius 1 is 1.19 bits per heavy atom. The molecule has 0 radical (unpaired) electrons. The Labute approximate surface area is 93.6 Å². The minimum absolute atomic E-state index is 0.171. The minimum Gasteiger partial charge on any atom is -0.507 e. The second-order valence-corrected chi connectivity index (χ2v) is 3.43. The average Bonchev–Trinajstić information content (AvgIpc) is 2.32. The zero-order valence-corrected chi connectivity index (χ0v) is 9.14. The highest BCUT2D eigenvalue weighted by atomic mass is 16.5. The third-order valence-electron chi connectivity index (χ3n) is 2.27. The summed E-state index contributed by atoms with van der Waals surface area (Å²) in [5, 5.41) is 9.79. The smallest absolute Gasteiger partial charge is 0.240 e. The zero-order chi connectivity index (χ0) is 11.5. The number of methoxy groups -OCH3 is 1. The van der Waals surface area contributed by atoms with Crippen LogP contribution in [-0.2, 0) is 0 Å². The number of rotatable bonds is 2. The molecule has 82 valence electrons. The van der Waals surface area contributed by atoms with Gasteiger partial charge in [-0.3, -0.25) is 0 Å². The Hall–Kier alpha value is -2.10. The topological polar surface area (TPSA) is 55.2 Å². The van der Waals surface area contributed by atoms with Gasteiger partial charge in [0, 0.05) is 18.0 Å². The minimum atomic E-state index is 0.171. The summed E-state index contributed by atoms with van der Waals surface area (Å²) in [6.07, 6.45) is 3.12. The third kappa shape index (κ3) is 1.82. The van der Waals surface area contributed by atoms with E-state index in [9.17, 15) is 5.11 Å². The van der Waals surface area contributed by atoms with Crippen molar-refractivity contribution in [2.24, 2.45) is 0 Å². The molecule has 1 aromatic heterocycles. The van der Waals surface area contributed by atoms with E-state index in [1.807, 2.05) is 19.1 Å². The van der Waals surface area contributed by atoms with Gasteiger partial charge in [0.05, 0.1) is 7.11 Å². The molecule has 0 unspecified atom stereocenters. The average molecular weight is 216 g/mol. The molecule has 4 heteroatoms. The Bertz CT molecular complexity index is 512. The van der Waals surface area contributed by atoms with E-state index in [0.717, 1.165) is 5.56 Å². The molecule has 0 bridgehead atoms. The molecule has 0 atom stereocenters. The van der Waals surface area contributed by atoms with Gasteiger partial charge < -0.3 is 9.84 Å². The monoisotopic (exact) mass is 216 g/mol. The fourth-order valence-electron chi connectivity index (χ4n) is 1.50. The highest BCUT2D eigenvalue weighted by Crippen LogP contribution is 2.32. The first-order valence-corrected chi connectivity index (χ1v) is 4.87. The maximum Gasteiger partial charge on any atom is 0.240 e. The number of aromatic hydroxyl groups is 1. The van der Waals surface area contributed by atoms with Crippen LogP contribution in [0.1, 0.15) is 5.56 Å².